The van der Waals surface area contributed by atoms with Crippen LogP contribution in [0.1, 0.15) is 38.3 Å². The summed E-state index contributed by atoms with van der Waals surface area (Å²) >= 11 is 0. The molecule has 3 nitrogen and oxygen atoms in total. The van der Waals surface area contributed by atoms with Crippen molar-refractivity contribution >= 4 is 11.7 Å². The van der Waals surface area contributed by atoms with Gasteiger partial charge in [0.15, 0.2) is 0 Å². The zero-order valence-electron chi connectivity index (χ0n) is 12.9. The molecule has 1 N–H and O–H groups in total. The van der Waals surface area contributed by atoms with Crippen LogP contribution >= 0.6 is 0 Å². The molecule has 1 aromatic carbocycles. The molecule has 0 bridgehead atoms. The highest BCUT2D eigenvalue weighted by molar-refractivity contribution is 5.74. The third kappa shape index (κ3) is 2.91. The average Bonchev–Trinajstić information content (AvgIpc) is 2.73. The highest BCUT2D eigenvalue weighted by Gasteiger charge is 2.41. The smallest absolute Gasteiger partial charge is 0.416 e. The SMILES string of the molecule is CCN1c2cccc(C(F)(F)F)c2CC1CC(C)(C)C(=O)O. The van der Waals surface area contributed by atoms with Crippen LogP contribution in [0, 0.1) is 5.41 Å². The van der Waals surface area contributed by atoms with Crippen molar-refractivity contribution in [1.29, 1.82) is 0 Å². The lowest BCUT2D eigenvalue weighted by Gasteiger charge is -2.31. The van der Waals surface area contributed by atoms with Gasteiger partial charge in [-0.3, -0.25) is 4.79 Å². The lowest BCUT2D eigenvalue weighted by Crippen LogP contribution is -2.38. The minimum absolute atomic E-state index is 0.227. The van der Waals surface area contributed by atoms with E-state index in [1.807, 2.05) is 11.8 Å². The lowest BCUT2D eigenvalue weighted by molar-refractivity contribution is -0.147. The molecule has 0 aromatic heterocycles. The van der Waals surface area contributed by atoms with E-state index in [2.05, 4.69) is 0 Å². The van der Waals surface area contributed by atoms with Crippen molar-refractivity contribution in [3.8, 4) is 0 Å². The van der Waals surface area contributed by atoms with Gasteiger partial charge in [0.1, 0.15) is 0 Å². The van der Waals surface area contributed by atoms with E-state index in [1.54, 1.807) is 19.9 Å². The van der Waals surface area contributed by atoms with Gasteiger partial charge in [0, 0.05) is 18.3 Å². The molecule has 0 fully saturated rings. The number of rotatable bonds is 4. The maximum atomic E-state index is 13.2. The first-order chi connectivity index (χ1) is 10.1. The molecule has 0 aliphatic carbocycles. The van der Waals surface area contributed by atoms with E-state index in [0.717, 1.165) is 6.07 Å². The Morgan fingerprint density at radius 1 is 1.36 bits per heavy atom. The quantitative estimate of drug-likeness (QED) is 0.914. The standard InChI is InChI=1S/C16H20F3NO2/c1-4-20-10(9-15(2,3)14(21)22)8-11-12(16(17,18)19)6-5-7-13(11)20/h5-7,10H,4,8-9H2,1-3H3,(H,21,22). The third-order valence-corrected chi connectivity index (χ3v) is 4.31. The Labute approximate surface area is 127 Å². The van der Waals surface area contributed by atoms with Gasteiger partial charge in [-0.1, -0.05) is 6.07 Å². The average molecular weight is 315 g/mol. The second-order valence-corrected chi connectivity index (χ2v) is 6.34. The number of hydrogen-bond acceptors (Lipinski definition) is 2. The van der Waals surface area contributed by atoms with Gasteiger partial charge >= 0.3 is 12.1 Å². The van der Waals surface area contributed by atoms with Gasteiger partial charge in [0.25, 0.3) is 0 Å². The third-order valence-electron chi connectivity index (χ3n) is 4.31. The summed E-state index contributed by atoms with van der Waals surface area (Å²) in [7, 11) is 0. The number of alkyl halides is 3. The normalized spacial score (nSPS) is 18.5. The molecule has 0 saturated carbocycles. The maximum absolute atomic E-state index is 13.2. The fraction of sp³-hybridized carbons (Fsp3) is 0.562. The number of likely N-dealkylation sites (N-methyl/N-ethyl adjacent to an activating group) is 1. The fourth-order valence-electron chi connectivity index (χ4n) is 3.15. The molecule has 1 aliphatic rings. The predicted molar refractivity (Wildman–Crippen MR) is 78.0 cm³/mol. The number of carboxylic acids is 1. The summed E-state index contributed by atoms with van der Waals surface area (Å²) in [6.07, 6.45) is -3.85. The van der Waals surface area contributed by atoms with Gasteiger partial charge in [-0.2, -0.15) is 13.2 Å². The first-order valence-electron chi connectivity index (χ1n) is 7.27. The molecule has 1 unspecified atom stereocenters. The summed E-state index contributed by atoms with van der Waals surface area (Å²) in [5.74, 6) is -0.935. The second-order valence-electron chi connectivity index (χ2n) is 6.34. The number of nitrogens with zero attached hydrogens (tertiary/aromatic N) is 1. The molecule has 0 spiro atoms. The Hall–Kier alpha value is -1.72. The first-order valence-corrected chi connectivity index (χ1v) is 7.27. The Balaban J connectivity index is 2.38. The minimum atomic E-state index is -4.39. The number of benzene rings is 1. The van der Waals surface area contributed by atoms with E-state index in [1.165, 1.54) is 6.07 Å². The largest absolute Gasteiger partial charge is 0.481 e. The Morgan fingerprint density at radius 3 is 2.50 bits per heavy atom. The molecular formula is C16H20F3NO2. The molecule has 1 atom stereocenters. The van der Waals surface area contributed by atoms with E-state index < -0.39 is 23.1 Å². The first kappa shape index (κ1) is 16.6. The van der Waals surface area contributed by atoms with Crippen molar-refractivity contribution in [3.05, 3.63) is 29.3 Å². The summed E-state index contributed by atoms with van der Waals surface area (Å²) in [6, 6.07) is 3.96. The van der Waals surface area contributed by atoms with Crippen molar-refractivity contribution in [3.63, 3.8) is 0 Å². The molecule has 1 aliphatic heterocycles. The fourth-order valence-corrected chi connectivity index (χ4v) is 3.15. The van der Waals surface area contributed by atoms with E-state index in [4.69, 9.17) is 0 Å². The topological polar surface area (TPSA) is 40.5 Å². The number of anilines is 1. The summed E-state index contributed by atoms with van der Waals surface area (Å²) in [6.45, 7) is 5.64. The van der Waals surface area contributed by atoms with E-state index >= 15 is 0 Å². The van der Waals surface area contributed by atoms with Gasteiger partial charge in [0.05, 0.1) is 11.0 Å². The molecule has 0 amide bonds. The van der Waals surface area contributed by atoms with Gasteiger partial charge < -0.3 is 10.0 Å². The van der Waals surface area contributed by atoms with Crippen LogP contribution in [0.3, 0.4) is 0 Å². The second kappa shape index (κ2) is 5.48. The molecule has 1 aromatic rings. The summed E-state index contributed by atoms with van der Waals surface area (Å²) in [5.41, 5.74) is -0.732. The maximum Gasteiger partial charge on any atom is 0.416 e. The van der Waals surface area contributed by atoms with Crippen molar-refractivity contribution in [2.45, 2.75) is 45.8 Å². The van der Waals surface area contributed by atoms with Gasteiger partial charge in [-0.25, -0.2) is 0 Å². The Bertz CT molecular complexity index is 581. The van der Waals surface area contributed by atoms with Crippen LogP contribution in [0.15, 0.2) is 18.2 Å². The highest BCUT2D eigenvalue weighted by atomic mass is 19.4. The van der Waals surface area contributed by atoms with E-state index in [-0.39, 0.29) is 18.0 Å². The van der Waals surface area contributed by atoms with Gasteiger partial charge in [0.2, 0.25) is 0 Å². The van der Waals surface area contributed by atoms with Gasteiger partial charge in [-0.05, 0) is 51.3 Å². The number of hydrogen-bond donors (Lipinski definition) is 1. The summed E-state index contributed by atoms with van der Waals surface area (Å²) in [4.78, 5) is 13.2. The van der Waals surface area contributed by atoms with Crippen molar-refractivity contribution in [1.82, 2.24) is 0 Å². The molecule has 2 rings (SSSR count). The predicted octanol–water partition coefficient (Wildman–Crippen LogP) is 3.96. The van der Waals surface area contributed by atoms with Crippen molar-refractivity contribution in [2.24, 2.45) is 5.41 Å². The molecule has 0 radical (unpaired) electrons. The number of carboxylic acid groups (broad SMARTS) is 1. The number of halogens is 3. The molecule has 1 heterocycles. The summed E-state index contributed by atoms with van der Waals surface area (Å²) < 4.78 is 39.5. The monoisotopic (exact) mass is 315 g/mol. The van der Waals surface area contributed by atoms with Crippen LogP contribution < -0.4 is 4.90 Å². The van der Waals surface area contributed by atoms with Crippen LogP contribution in [-0.4, -0.2) is 23.7 Å². The number of carbonyl (C=O) groups is 1. The van der Waals surface area contributed by atoms with Crippen LogP contribution in [0.25, 0.3) is 0 Å². The van der Waals surface area contributed by atoms with Crippen LogP contribution in [0.2, 0.25) is 0 Å². The Kier molecular flexibility index (Phi) is 4.15. The zero-order chi connectivity index (χ0) is 16.7. The molecule has 6 heteroatoms. The van der Waals surface area contributed by atoms with Crippen LogP contribution in [-0.2, 0) is 17.4 Å². The van der Waals surface area contributed by atoms with Crippen LogP contribution in [0.4, 0.5) is 18.9 Å². The van der Waals surface area contributed by atoms with Crippen molar-refractivity contribution in [2.75, 3.05) is 11.4 Å². The van der Waals surface area contributed by atoms with Crippen molar-refractivity contribution < 1.29 is 23.1 Å². The van der Waals surface area contributed by atoms with Gasteiger partial charge in [-0.15, -0.1) is 0 Å². The Morgan fingerprint density at radius 2 is 2.00 bits per heavy atom. The summed E-state index contributed by atoms with van der Waals surface area (Å²) in [5, 5.41) is 9.26. The molecular weight excluding hydrogens is 295 g/mol. The van der Waals surface area contributed by atoms with E-state index in [0.29, 0.717) is 18.7 Å². The molecule has 22 heavy (non-hydrogen) atoms. The number of fused-ring (bicyclic) bond motifs is 1. The van der Waals surface area contributed by atoms with E-state index in [9.17, 15) is 23.1 Å². The van der Waals surface area contributed by atoms with Crippen LogP contribution in [0.5, 0.6) is 0 Å². The zero-order valence-corrected chi connectivity index (χ0v) is 12.9. The number of aliphatic carboxylic acids is 1. The molecule has 122 valence electrons. The molecule has 0 saturated heterocycles. The lowest BCUT2D eigenvalue weighted by atomic mass is 9.84. The highest BCUT2D eigenvalue weighted by Crippen LogP contribution is 2.43. The minimum Gasteiger partial charge on any atom is -0.481 e.